The van der Waals surface area contributed by atoms with Crippen molar-refractivity contribution in [3.8, 4) is 22.7 Å². The highest BCUT2D eigenvalue weighted by Gasteiger charge is 2.20. The molecule has 0 atom stereocenters. The Labute approximate surface area is 134 Å². The second-order valence-corrected chi connectivity index (χ2v) is 4.87. The molecule has 2 aromatic carbocycles. The van der Waals surface area contributed by atoms with Gasteiger partial charge >= 0.3 is 5.97 Å². The Hall–Kier alpha value is -3.08. The maximum absolute atomic E-state index is 12.0. The van der Waals surface area contributed by atoms with E-state index in [-0.39, 0.29) is 5.69 Å². The third kappa shape index (κ3) is 2.81. The number of hydrogen-bond donors (Lipinski definition) is 0. The van der Waals surface area contributed by atoms with Crippen molar-refractivity contribution >= 4 is 5.97 Å². The van der Waals surface area contributed by atoms with E-state index in [0.29, 0.717) is 5.69 Å². The first kappa shape index (κ1) is 14.8. The zero-order valence-electron chi connectivity index (χ0n) is 12.9. The molecule has 0 bridgehead atoms. The molecule has 0 aliphatic carbocycles. The van der Waals surface area contributed by atoms with Crippen LogP contribution in [0.1, 0.15) is 10.5 Å². The van der Waals surface area contributed by atoms with Gasteiger partial charge in [-0.1, -0.05) is 30.3 Å². The molecule has 0 fully saturated rings. The summed E-state index contributed by atoms with van der Waals surface area (Å²) in [5.74, 6) is 0.305. The molecule has 1 heterocycles. The van der Waals surface area contributed by atoms with Crippen LogP contribution >= 0.6 is 0 Å². The number of benzene rings is 2. The van der Waals surface area contributed by atoms with Gasteiger partial charge in [-0.2, -0.15) is 0 Å². The number of esters is 1. The Morgan fingerprint density at radius 2 is 1.70 bits per heavy atom. The molecule has 5 nitrogen and oxygen atoms in total. The molecular formula is C18H16N2O3. The molecule has 23 heavy (non-hydrogen) atoms. The lowest BCUT2D eigenvalue weighted by molar-refractivity contribution is 0.0595. The second-order valence-electron chi connectivity index (χ2n) is 4.87. The minimum Gasteiger partial charge on any atom is -0.497 e. The Morgan fingerprint density at radius 1 is 1.00 bits per heavy atom. The van der Waals surface area contributed by atoms with Crippen LogP contribution in [0, 0.1) is 0 Å². The van der Waals surface area contributed by atoms with Gasteiger partial charge in [0.05, 0.1) is 19.9 Å². The van der Waals surface area contributed by atoms with Crippen LogP contribution in [0.3, 0.4) is 0 Å². The van der Waals surface area contributed by atoms with Crippen molar-refractivity contribution in [2.24, 2.45) is 0 Å². The number of carbonyl (C=O) groups excluding carboxylic acids is 1. The number of nitrogens with zero attached hydrogens (tertiary/aromatic N) is 2. The van der Waals surface area contributed by atoms with E-state index < -0.39 is 5.97 Å². The molecule has 0 amide bonds. The van der Waals surface area contributed by atoms with Crippen LogP contribution in [0.25, 0.3) is 16.9 Å². The summed E-state index contributed by atoms with van der Waals surface area (Å²) in [4.78, 5) is 16.3. The molecule has 3 aromatic rings. The molecule has 3 rings (SSSR count). The first-order valence-electron chi connectivity index (χ1n) is 7.10. The van der Waals surface area contributed by atoms with Crippen molar-refractivity contribution in [1.82, 2.24) is 9.55 Å². The molecule has 0 radical (unpaired) electrons. The van der Waals surface area contributed by atoms with E-state index in [9.17, 15) is 4.79 Å². The highest BCUT2D eigenvalue weighted by molar-refractivity contribution is 5.94. The maximum Gasteiger partial charge on any atom is 0.358 e. The van der Waals surface area contributed by atoms with E-state index in [4.69, 9.17) is 9.47 Å². The van der Waals surface area contributed by atoms with Gasteiger partial charge in [0, 0.05) is 11.3 Å². The standard InChI is InChI=1S/C18H16N2O3/c1-22-15-10-8-14(9-11-15)20-12-19-16(18(21)23-2)17(20)13-6-4-3-5-7-13/h3-12H,1-2H3. The van der Waals surface area contributed by atoms with Crippen LogP contribution < -0.4 is 4.74 Å². The van der Waals surface area contributed by atoms with Gasteiger partial charge in [-0.15, -0.1) is 0 Å². The molecule has 0 aliphatic heterocycles. The zero-order valence-corrected chi connectivity index (χ0v) is 12.9. The Bertz CT molecular complexity index is 808. The Kier molecular flexibility index (Phi) is 4.10. The number of ether oxygens (including phenoxy) is 2. The van der Waals surface area contributed by atoms with E-state index in [1.807, 2.05) is 59.2 Å². The van der Waals surface area contributed by atoms with Crippen LogP contribution in [-0.4, -0.2) is 29.7 Å². The zero-order chi connectivity index (χ0) is 16.2. The van der Waals surface area contributed by atoms with Gasteiger partial charge in [-0.05, 0) is 24.3 Å². The van der Waals surface area contributed by atoms with E-state index >= 15 is 0 Å². The molecule has 0 spiro atoms. The van der Waals surface area contributed by atoms with Crippen molar-refractivity contribution in [3.05, 3.63) is 66.6 Å². The summed E-state index contributed by atoms with van der Waals surface area (Å²) in [7, 11) is 2.97. The summed E-state index contributed by atoms with van der Waals surface area (Å²) >= 11 is 0. The molecule has 116 valence electrons. The van der Waals surface area contributed by atoms with Crippen LogP contribution in [0.2, 0.25) is 0 Å². The fourth-order valence-electron chi connectivity index (χ4n) is 2.40. The SMILES string of the molecule is COC(=O)c1ncn(-c2ccc(OC)cc2)c1-c1ccccc1. The molecule has 0 aliphatic rings. The highest BCUT2D eigenvalue weighted by Crippen LogP contribution is 2.27. The second kappa shape index (κ2) is 6.36. The Balaban J connectivity index is 2.17. The fourth-order valence-corrected chi connectivity index (χ4v) is 2.40. The van der Waals surface area contributed by atoms with Crippen molar-refractivity contribution in [2.45, 2.75) is 0 Å². The van der Waals surface area contributed by atoms with Gasteiger partial charge < -0.3 is 9.47 Å². The lowest BCUT2D eigenvalue weighted by atomic mass is 10.1. The third-order valence-electron chi connectivity index (χ3n) is 3.54. The summed E-state index contributed by atoms with van der Waals surface area (Å²) in [6, 6.07) is 17.2. The van der Waals surface area contributed by atoms with E-state index in [1.165, 1.54) is 7.11 Å². The molecule has 0 N–H and O–H groups in total. The van der Waals surface area contributed by atoms with Gasteiger partial charge in [-0.25, -0.2) is 9.78 Å². The summed E-state index contributed by atoms with van der Waals surface area (Å²) in [6.07, 6.45) is 1.62. The summed E-state index contributed by atoms with van der Waals surface area (Å²) < 4.78 is 11.9. The number of carbonyl (C=O) groups is 1. The van der Waals surface area contributed by atoms with Crippen molar-refractivity contribution < 1.29 is 14.3 Å². The average Bonchev–Trinajstić information content (AvgIpc) is 3.07. The maximum atomic E-state index is 12.0. The summed E-state index contributed by atoms with van der Waals surface area (Å²) in [5.41, 5.74) is 2.76. The van der Waals surface area contributed by atoms with Crippen molar-refractivity contribution in [3.63, 3.8) is 0 Å². The number of rotatable bonds is 4. The minimum atomic E-state index is -0.462. The van der Waals surface area contributed by atoms with E-state index in [1.54, 1.807) is 13.4 Å². The van der Waals surface area contributed by atoms with Crippen molar-refractivity contribution in [1.29, 1.82) is 0 Å². The summed E-state index contributed by atoms with van der Waals surface area (Å²) in [5, 5.41) is 0. The van der Waals surface area contributed by atoms with Crippen LogP contribution in [0.4, 0.5) is 0 Å². The highest BCUT2D eigenvalue weighted by atomic mass is 16.5. The number of imidazole rings is 1. The molecular weight excluding hydrogens is 292 g/mol. The molecule has 1 aromatic heterocycles. The first-order chi connectivity index (χ1) is 11.2. The van der Waals surface area contributed by atoms with E-state index in [2.05, 4.69) is 4.98 Å². The lowest BCUT2D eigenvalue weighted by Gasteiger charge is -2.10. The molecule has 5 heteroatoms. The predicted molar refractivity (Wildman–Crippen MR) is 86.9 cm³/mol. The molecule has 0 unspecified atom stereocenters. The average molecular weight is 308 g/mol. The topological polar surface area (TPSA) is 53.3 Å². The fraction of sp³-hybridized carbons (Fsp3) is 0.111. The lowest BCUT2D eigenvalue weighted by Crippen LogP contribution is -2.05. The van der Waals surface area contributed by atoms with Gasteiger partial charge in [0.15, 0.2) is 5.69 Å². The number of aromatic nitrogens is 2. The monoisotopic (exact) mass is 308 g/mol. The first-order valence-corrected chi connectivity index (χ1v) is 7.10. The van der Waals surface area contributed by atoms with Gasteiger partial charge in [-0.3, -0.25) is 4.57 Å². The number of hydrogen-bond acceptors (Lipinski definition) is 4. The quantitative estimate of drug-likeness (QED) is 0.694. The van der Waals surface area contributed by atoms with E-state index in [0.717, 1.165) is 17.0 Å². The normalized spacial score (nSPS) is 10.3. The minimum absolute atomic E-state index is 0.287. The predicted octanol–water partition coefficient (Wildman–Crippen LogP) is 3.33. The van der Waals surface area contributed by atoms with Crippen molar-refractivity contribution in [2.75, 3.05) is 14.2 Å². The van der Waals surface area contributed by atoms with Gasteiger partial charge in [0.1, 0.15) is 12.1 Å². The molecule has 0 saturated carbocycles. The Morgan fingerprint density at radius 3 is 2.30 bits per heavy atom. The molecule has 0 saturated heterocycles. The van der Waals surface area contributed by atoms with Crippen LogP contribution in [0.5, 0.6) is 5.75 Å². The number of methoxy groups -OCH3 is 2. The summed E-state index contributed by atoms with van der Waals surface area (Å²) in [6.45, 7) is 0. The van der Waals surface area contributed by atoms with Gasteiger partial charge in [0.2, 0.25) is 0 Å². The van der Waals surface area contributed by atoms with Crippen LogP contribution in [0.15, 0.2) is 60.9 Å². The third-order valence-corrected chi connectivity index (χ3v) is 3.54. The smallest absolute Gasteiger partial charge is 0.358 e. The van der Waals surface area contributed by atoms with Gasteiger partial charge in [0.25, 0.3) is 0 Å². The van der Waals surface area contributed by atoms with Crippen LogP contribution in [-0.2, 0) is 4.74 Å². The largest absolute Gasteiger partial charge is 0.497 e.